The number of halogens is 2. The van der Waals surface area contributed by atoms with Gasteiger partial charge in [-0.05, 0) is 31.3 Å². The minimum absolute atomic E-state index is 0.0276. The van der Waals surface area contributed by atoms with Gasteiger partial charge in [-0.25, -0.2) is 23.4 Å². The van der Waals surface area contributed by atoms with E-state index < -0.39 is 15.8 Å². The van der Waals surface area contributed by atoms with Crippen LogP contribution in [0.1, 0.15) is 5.01 Å². The molecule has 3 heterocycles. The van der Waals surface area contributed by atoms with Crippen molar-refractivity contribution in [2.24, 2.45) is 0 Å². The first-order valence-electron chi connectivity index (χ1n) is 7.05. The van der Waals surface area contributed by atoms with Crippen LogP contribution in [0, 0.1) is 5.95 Å². The van der Waals surface area contributed by atoms with Gasteiger partial charge in [-0.3, -0.25) is 0 Å². The van der Waals surface area contributed by atoms with E-state index in [1.54, 1.807) is 7.05 Å². The molecule has 0 fully saturated rings. The molecule has 3 aromatic heterocycles. The van der Waals surface area contributed by atoms with Crippen molar-refractivity contribution in [3.8, 4) is 11.3 Å². The van der Waals surface area contributed by atoms with Crippen LogP contribution in [0.15, 0.2) is 45.8 Å². The highest BCUT2D eigenvalue weighted by Gasteiger charge is 2.28. The molecule has 0 radical (unpaired) electrons. The van der Waals surface area contributed by atoms with Crippen LogP contribution in [-0.2, 0) is 16.4 Å². The zero-order chi connectivity index (χ0) is 18.0. The van der Waals surface area contributed by atoms with Crippen LogP contribution in [0.3, 0.4) is 0 Å². The summed E-state index contributed by atoms with van der Waals surface area (Å²) in [7, 11) is -2.23. The standard InChI is InChI=1S/C15H12ClFN4O2S2/c1-18-8-12-21-13(10-3-2-5-20-14(10)17)15(24-12)25(22,23)9-4-6-19-11(16)7-9/h2-7,18H,8H2,1H3. The summed E-state index contributed by atoms with van der Waals surface area (Å²) in [4.78, 5) is 11.6. The zero-order valence-electron chi connectivity index (χ0n) is 12.9. The molecular formula is C15H12ClFN4O2S2. The lowest BCUT2D eigenvalue weighted by Gasteiger charge is -2.05. The van der Waals surface area contributed by atoms with Gasteiger partial charge in [-0.2, -0.15) is 4.39 Å². The van der Waals surface area contributed by atoms with Gasteiger partial charge in [0, 0.05) is 18.9 Å². The van der Waals surface area contributed by atoms with Crippen LogP contribution in [0.4, 0.5) is 4.39 Å². The first-order valence-corrected chi connectivity index (χ1v) is 9.73. The van der Waals surface area contributed by atoms with E-state index in [1.807, 2.05) is 0 Å². The Kier molecular flexibility index (Phi) is 5.09. The molecule has 6 nitrogen and oxygen atoms in total. The topological polar surface area (TPSA) is 84.8 Å². The Hall–Kier alpha value is -1.94. The van der Waals surface area contributed by atoms with Crippen molar-refractivity contribution >= 4 is 32.8 Å². The van der Waals surface area contributed by atoms with E-state index in [-0.39, 0.29) is 25.5 Å². The Bertz CT molecular complexity index is 1020. The van der Waals surface area contributed by atoms with Crippen LogP contribution in [-0.4, -0.2) is 30.4 Å². The summed E-state index contributed by atoms with van der Waals surface area (Å²) in [5, 5.41) is 3.47. The molecule has 0 aliphatic carbocycles. The summed E-state index contributed by atoms with van der Waals surface area (Å²) in [6, 6.07) is 5.55. The van der Waals surface area contributed by atoms with Crippen molar-refractivity contribution < 1.29 is 12.8 Å². The molecule has 10 heteroatoms. The Morgan fingerprint density at radius 1 is 1.28 bits per heavy atom. The number of nitrogens with zero attached hydrogens (tertiary/aromatic N) is 3. The zero-order valence-corrected chi connectivity index (χ0v) is 15.3. The van der Waals surface area contributed by atoms with E-state index in [0.29, 0.717) is 11.6 Å². The molecule has 25 heavy (non-hydrogen) atoms. The highest BCUT2D eigenvalue weighted by Crippen LogP contribution is 2.36. The summed E-state index contributed by atoms with van der Waals surface area (Å²) < 4.78 is 40.1. The fraction of sp³-hybridized carbons (Fsp3) is 0.133. The van der Waals surface area contributed by atoms with Gasteiger partial charge in [0.2, 0.25) is 15.8 Å². The Balaban J connectivity index is 2.23. The van der Waals surface area contributed by atoms with Crippen molar-refractivity contribution in [3.05, 3.63) is 52.8 Å². The lowest BCUT2D eigenvalue weighted by molar-refractivity contribution is 0.586. The molecule has 3 aromatic rings. The highest BCUT2D eigenvalue weighted by molar-refractivity contribution is 7.93. The Labute approximate surface area is 152 Å². The van der Waals surface area contributed by atoms with Gasteiger partial charge < -0.3 is 5.32 Å². The lowest BCUT2D eigenvalue weighted by Crippen LogP contribution is -2.04. The molecule has 0 bridgehead atoms. The number of sulfone groups is 1. The number of rotatable bonds is 5. The number of hydrogen-bond donors (Lipinski definition) is 1. The second-order valence-electron chi connectivity index (χ2n) is 4.93. The van der Waals surface area contributed by atoms with Crippen LogP contribution in [0.2, 0.25) is 5.15 Å². The van der Waals surface area contributed by atoms with Crippen LogP contribution < -0.4 is 5.32 Å². The van der Waals surface area contributed by atoms with Crippen LogP contribution in [0.5, 0.6) is 0 Å². The largest absolute Gasteiger partial charge is 0.314 e. The molecule has 0 aromatic carbocycles. The molecule has 130 valence electrons. The van der Waals surface area contributed by atoms with Gasteiger partial charge >= 0.3 is 0 Å². The molecule has 0 amide bonds. The van der Waals surface area contributed by atoms with Gasteiger partial charge in [0.25, 0.3) is 0 Å². The molecule has 0 aliphatic heterocycles. The average molecular weight is 399 g/mol. The first kappa shape index (κ1) is 17.9. The molecule has 0 aliphatic rings. The first-order chi connectivity index (χ1) is 11.9. The van der Waals surface area contributed by atoms with Gasteiger partial charge in [0.05, 0.1) is 10.5 Å². The maximum Gasteiger partial charge on any atom is 0.222 e. The maximum absolute atomic E-state index is 14.1. The molecule has 0 unspecified atom stereocenters. The number of nitrogens with one attached hydrogen (secondary N) is 1. The minimum Gasteiger partial charge on any atom is -0.314 e. The quantitative estimate of drug-likeness (QED) is 0.665. The molecule has 0 spiro atoms. The summed E-state index contributed by atoms with van der Waals surface area (Å²) in [6.07, 6.45) is 2.59. The normalized spacial score (nSPS) is 11.6. The Morgan fingerprint density at radius 3 is 2.76 bits per heavy atom. The van der Waals surface area contributed by atoms with E-state index in [2.05, 4.69) is 20.3 Å². The monoisotopic (exact) mass is 398 g/mol. The molecule has 0 atom stereocenters. The molecule has 1 N–H and O–H groups in total. The third-order valence-electron chi connectivity index (χ3n) is 3.23. The SMILES string of the molecule is CNCc1nc(-c2cccnc2F)c(S(=O)(=O)c2ccnc(Cl)c2)s1. The summed E-state index contributed by atoms with van der Waals surface area (Å²) >= 11 is 6.78. The average Bonchev–Trinajstić information content (AvgIpc) is 3.00. The van der Waals surface area contributed by atoms with Crippen molar-refractivity contribution in [3.63, 3.8) is 0 Å². The van der Waals surface area contributed by atoms with E-state index in [9.17, 15) is 12.8 Å². The predicted molar refractivity (Wildman–Crippen MR) is 92.8 cm³/mol. The fourth-order valence-corrected chi connectivity index (χ4v) is 5.35. The maximum atomic E-state index is 14.1. The predicted octanol–water partition coefficient (Wildman–Crippen LogP) is 2.94. The summed E-state index contributed by atoms with van der Waals surface area (Å²) in [5.41, 5.74) is 0.0635. The van der Waals surface area contributed by atoms with Gasteiger partial charge in [0.15, 0.2) is 4.21 Å². The van der Waals surface area contributed by atoms with Crippen molar-refractivity contribution in [1.29, 1.82) is 0 Å². The highest BCUT2D eigenvalue weighted by atomic mass is 35.5. The molecule has 0 saturated heterocycles. The van der Waals surface area contributed by atoms with E-state index in [0.717, 1.165) is 11.3 Å². The summed E-state index contributed by atoms with van der Waals surface area (Å²) in [5.74, 6) is -0.784. The van der Waals surface area contributed by atoms with E-state index >= 15 is 0 Å². The number of thiazole rings is 1. The Morgan fingerprint density at radius 2 is 2.08 bits per heavy atom. The fourth-order valence-electron chi connectivity index (χ4n) is 2.15. The lowest BCUT2D eigenvalue weighted by atomic mass is 10.2. The minimum atomic E-state index is -3.95. The second-order valence-corrected chi connectivity index (χ2v) is 8.55. The second kappa shape index (κ2) is 7.12. The molecular weight excluding hydrogens is 387 g/mol. The third-order valence-corrected chi connectivity index (χ3v) is 6.76. The number of hydrogen-bond acceptors (Lipinski definition) is 7. The number of pyridine rings is 2. The van der Waals surface area contributed by atoms with Gasteiger partial charge in [-0.1, -0.05) is 11.6 Å². The van der Waals surface area contributed by atoms with E-state index in [4.69, 9.17) is 11.6 Å². The van der Waals surface area contributed by atoms with Gasteiger partial charge in [-0.15, -0.1) is 11.3 Å². The molecule has 0 saturated carbocycles. The van der Waals surface area contributed by atoms with Crippen LogP contribution in [0.25, 0.3) is 11.3 Å². The van der Waals surface area contributed by atoms with Crippen LogP contribution >= 0.6 is 22.9 Å². The third kappa shape index (κ3) is 3.54. The molecule has 3 rings (SSSR count). The van der Waals surface area contributed by atoms with Crippen molar-refractivity contribution in [2.75, 3.05) is 7.05 Å². The van der Waals surface area contributed by atoms with Crippen molar-refractivity contribution in [1.82, 2.24) is 20.3 Å². The summed E-state index contributed by atoms with van der Waals surface area (Å²) in [6.45, 7) is 0.353. The van der Waals surface area contributed by atoms with Gasteiger partial charge in [0.1, 0.15) is 15.9 Å². The van der Waals surface area contributed by atoms with Crippen molar-refractivity contribution in [2.45, 2.75) is 15.6 Å². The smallest absolute Gasteiger partial charge is 0.222 e. The van der Waals surface area contributed by atoms with E-state index in [1.165, 1.54) is 36.7 Å². The number of aromatic nitrogens is 3.